The molecule has 0 aromatic heterocycles. The Hall–Kier alpha value is -1.81. The van der Waals surface area contributed by atoms with E-state index in [4.69, 9.17) is 4.74 Å². The molecule has 0 saturated heterocycles. The normalized spacial score (nSPS) is 10.5. The summed E-state index contributed by atoms with van der Waals surface area (Å²) in [6, 6.07) is 16.0. The van der Waals surface area contributed by atoms with Gasteiger partial charge in [-0.05, 0) is 49.2 Å². The van der Waals surface area contributed by atoms with Crippen LogP contribution in [0.1, 0.15) is 13.8 Å². The average Bonchev–Trinajstić information content (AvgIpc) is 2.46. The van der Waals surface area contributed by atoms with E-state index in [-0.39, 0.29) is 18.6 Å². The zero-order valence-electron chi connectivity index (χ0n) is 12.1. The number of hydrogen-bond acceptors (Lipinski definition) is 2. The third-order valence-corrected chi connectivity index (χ3v) is 3.38. The quantitative estimate of drug-likeness (QED) is 0.886. The summed E-state index contributed by atoms with van der Waals surface area (Å²) in [6.45, 7) is 3.88. The van der Waals surface area contributed by atoms with Gasteiger partial charge in [0.2, 0.25) is 0 Å². The van der Waals surface area contributed by atoms with E-state index in [0.717, 1.165) is 15.6 Å². The van der Waals surface area contributed by atoms with Gasteiger partial charge < -0.3 is 10.1 Å². The zero-order valence-corrected chi connectivity index (χ0v) is 13.7. The van der Waals surface area contributed by atoms with Crippen molar-refractivity contribution in [2.45, 2.75) is 19.9 Å². The molecular weight excluding hydrogens is 330 g/mol. The predicted octanol–water partition coefficient (Wildman–Crippen LogP) is 4.02. The number of ether oxygens (including phenoxy) is 1. The van der Waals surface area contributed by atoms with Gasteiger partial charge in [-0.1, -0.05) is 40.2 Å². The standard InChI is InChI=1S/C17H18BrNO2/c1-12(2)19-17(20)11-21-16-9-5-14(6-10-16)13-3-7-15(18)8-4-13/h3-10,12H,11H2,1-2H3,(H,19,20). The fourth-order valence-corrected chi connectivity index (χ4v) is 2.16. The Morgan fingerprint density at radius 2 is 1.57 bits per heavy atom. The molecule has 0 unspecified atom stereocenters. The summed E-state index contributed by atoms with van der Waals surface area (Å²) >= 11 is 3.42. The average molecular weight is 348 g/mol. The first kappa shape index (κ1) is 15.6. The molecule has 0 aliphatic heterocycles. The molecule has 1 amide bonds. The van der Waals surface area contributed by atoms with Crippen molar-refractivity contribution in [3.8, 4) is 16.9 Å². The maximum absolute atomic E-state index is 11.5. The van der Waals surface area contributed by atoms with Gasteiger partial charge in [-0.25, -0.2) is 0 Å². The maximum Gasteiger partial charge on any atom is 0.258 e. The van der Waals surface area contributed by atoms with Crippen molar-refractivity contribution in [2.24, 2.45) is 0 Å². The third-order valence-electron chi connectivity index (χ3n) is 2.85. The molecule has 0 spiro atoms. The molecule has 2 rings (SSSR count). The van der Waals surface area contributed by atoms with E-state index in [1.807, 2.05) is 50.2 Å². The third kappa shape index (κ3) is 4.90. The van der Waals surface area contributed by atoms with Gasteiger partial charge in [0.05, 0.1) is 0 Å². The Morgan fingerprint density at radius 1 is 1.05 bits per heavy atom. The van der Waals surface area contributed by atoms with E-state index in [2.05, 4.69) is 33.4 Å². The van der Waals surface area contributed by atoms with Crippen molar-refractivity contribution >= 4 is 21.8 Å². The Labute approximate surface area is 133 Å². The van der Waals surface area contributed by atoms with Gasteiger partial charge in [-0.2, -0.15) is 0 Å². The molecule has 1 N–H and O–H groups in total. The van der Waals surface area contributed by atoms with Gasteiger partial charge in [0.1, 0.15) is 5.75 Å². The lowest BCUT2D eigenvalue weighted by atomic mass is 10.1. The number of halogens is 1. The van der Waals surface area contributed by atoms with Gasteiger partial charge in [0, 0.05) is 10.5 Å². The SMILES string of the molecule is CC(C)NC(=O)COc1ccc(-c2ccc(Br)cc2)cc1. The number of rotatable bonds is 5. The van der Waals surface area contributed by atoms with Crippen LogP contribution in [0.3, 0.4) is 0 Å². The van der Waals surface area contributed by atoms with Crippen molar-refractivity contribution in [3.05, 3.63) is 53.0 Å². The molecule has 0 saturated carbocycles. The van der Waals surface area contributed by atoms with E-state index in [1.165, 1.54) is 0 Å². The molecule has 110 valence electrons. The Kier molecular flexibility index (Phi) is 5.39. The Balaban J connectivity index is 1.96. The van der Waals surface area contributed by atoms with Crippen LogP contribution >= 0.6 is 15.9 Å². The highest BCUT2D eigenvalue weighted by Gasteiger charge is 2.04. The summed E-state index contributed by atoms with van der Waals surface area (Å²) in [4.78, 5) is 11.5. The second-order valence-corrected chi connectivity index (χ2v) is 5.96. The molecule has 0 aliphatic carbocycles. The number of carbonyl (C=O) groups excluding carboxylic acids is 1. The van der Waals surface area contributed by atoms with Crippen LogP contribution < -0.4 is 10.1 Å². The summed E-state index contributed by atoms with van der Waals surface area (Å²) in [7, 11) is 0. The lowest BCUT2D eigenvalue weighted by Crippen LogP contribution is -2.34. The first-order valence-corrected chi connectivity index (χ1v) is 7.62. The molecule has 0 atom stereocenters. The maximum atomic E-state index is 11.5. The molecule has 0 heterocycles. The topological polar surface area (TPSA) is 38.3 Å². The number of benzene rings is 2. The smallest absolute Gasteiger partial charge is 0.258 e. The minimum absolute atomic E-state index is 0.0375. The molecule has 3 nitrogen and oxygen atoms in total. The van der Waals surface area contributed by atoms with Crippen molar-refractivity contribution in [2.75, 3.05) is 6.61 Å². The summed E-state index contributed by atoms with van der Waals surface area (Å²) in [5.41, 5.74) is 2.25. The number of hydrogen-bond donors (Lipinski definition) is 1. The highest BCUT2D eigenvalue weighted by molar-refractivity contribution is 9.10. The first-order valence-electron chi connectivity index (χ1n) is 6.83. The van der Waals surface area contributed by atoms with E-state index < -0.39 is 0 Å². The minimum Gasteiger partial charge on any atom is -0.484 e. The molecule has 21 heavy (non-hydrogen) atoms. The summed E-state index contributed by atoms with van der Waals surface area (Å²) in [6.07, 6.45) is 0. The Bertz CT molecular complexity index is 591. The largest absolute Gasteiger partial charge is 0.484 e. The van der Waals surface area contributed by atoms with Crippen LogP contribution in [-0.4, -0.2) is 18.6 Å². The highest BCUT2D eigenvalue weighted by Crippen LogP contribution is 2.24. The van der Waals surface area contributed by atoms with E-state index in [9.17, 15) is 4.79 Å². The van der Waals surface area contributed by atoms with E-state index in [1.54, 1.807) is 0 Å². The van der Waals surface area contributed by atoms with Gasteiger partial charge in [0.25, 0.3) is 5.91 Å². The lowest BCUT2D eigenvalue weighted by molar-refractivity contribution is -0.123. The molecule has 0 bridgehead atoms. The van der Waals surface area contributed by atoms with Crippen molar-refractivity contribution in [1.82, 2.24) is 5.32 Å². The molecule has 2 aromatic rings. The molecular formula is C17H18BrNO2. The highest BCUT2D eigenvalue weighted by atomic mass is 79.9. The van der Waals surface area contributed by atoms with Crippen LogP contribution in [0.25, 0.3) is 11.1 Å². The van der Waals surface area contributed by atoms with Crippen molar-refractivity contribution < 1.29 is 9.53 Å². The van der Waals surface area contributed by atoms with Crippen molar-refractivity contribution in [3.63, 3.8) is 0 Å². The summed E-state index contributed by atoms with van der Waals surface area (Å²) < 4.78 is 6.52. The van der Waals surface area contributed by atoms with Gasteiger partial charge in [0.15, 0.2) is 6.61 Å². The first-order chi connectivity index (χ1) is 10.0. The van der Waals surface area contributed by atoms with Crippen LogP contribution in [0.5, 0.6) is 5.75 Å². The lowest BCUT2D eigenvalue weighted by Gasteiger charge is -2.10. The van der Waals surface area contributed by atoms with Crippen molar-refractivity contribution in [1.29, 1.82) is 0 Å². The number of nitrogens with one attached hydrogen (secondary N) is 1. The molecule has 0 radical (unpaired) electrons. The number of carbonyl (C=O) groups is 1. The van der Waals surface area contributed by atoms with Gasteiger partial charge in [-0.15, -0.1) is 0 Å². The zero-order chi connectivity index (χ0) is 15.2. The summed E-state index contributed by atoms with van der Waals surface area (Å²) in [5.74, 6) is 0.580. The molecule has 0 aliphatic rings. The van der Waals surface area contributed by atoms with Crippen LogP contribution in [0.2, 0.25) is 0 Å². The second kappa shape index (κ2) is 7.27. The van der Waals surface area contributed by atoms with E-state index in [0.29, 0.717) is 5.75 Å². The molecule has 2 aromatic carbocycles. The molecule has 4 heteroatoms. The van der Waals surface area contributed by atoms with Crippen LogP contribution in [-0.2, 0) is 4.79 Å². The fourth-order valence-electron chi connectivity index (χ4n) is 1.90. The van der Waals surface area contributed by atoms with Crippen LogP contribution in [0.15, 0.2) is 53.0 Å². The predicted molar refractivity (Wildman–Crippen MR) is 88.4 cm³/mol. The van der Waals surface area contributed by atoms with Crippen LogP contribution in [0.4, 0.5) is 0 Å². The van der Waals surface area contributed by atoms with Gasteiger partial charge in [-0.3, -0.25) is 4.79 Å². The molecule has 0 fully saturated rings. The minimum atomic E-state index is -0.109. The Morgan fingerprint density at radius 3 is 2.10 bits per heavy atom. The van der Waals surface area contributed by atoms with Gasteiger partial charge >= 0.3 is 0 Å². The van der Waals surface area contributed by atoms with E-state index >= 15 is 0 Å². The fraction of sp³-hybridized carbons (Fsp3) is 0.235. The second-order valence-electron chi connectivity index (χ2n) is 5.04. The monoisotopic (exact) mass is 347 g/mol. The van der Waals surface area contributed by atoms with Crippen LogP contribution in [0, 0.1) is 0 Å². The number of amides is 1. The summed E-state index contributed by atoms with van der Waals surface area (Å²) in [5, 5.41) is 2.79.